The summed E-state index contributed by atoms with van der Waals surface area (Å²) in [4.78, 5) is 6.65. The van der Waals surface area contributed by atoms with Crippen LogP contribution in [-0.2, 0) is 17.1 Å². The van der Waals surface area contributed by atoms with E-state index in [0.29, 0.717) is 0 Å². The third-order valence-corrected chi connectivity index (χ3v) is 27.3. The molecule has 7 heteroatoms. The molecule has 6 aliphatic carbocycles. The van der Waals surface area contributed by atoms with Crippen molar-refractivity contribution in [1.29, 1.82) is 0 Å². The molecule has 0 spiro atoms. The predicted octanol–water partition coefficient (Wildman–Crippen LogP) is 16.6. The molecule has 0 bridgehead atoms. The number of benzene rings is 3. The summed E-state index contributed by atoms with van der Waals surface area (Å²) in [5.74, 6) is 0. The molecule has 0 radical (unpaired) electrons. The average molecular weight is 1010 g/mol. The Labute approximate surface area is 427 Å². The van der Waals surface area contributed by atoms with Crippen LogP contribution in [0.5, 0.6) is 0 Å². The van der Waals surface area contributed by atoms with Crippen molar-refractivity contribution in [3.63, 3.8) is 0 Å². The molecule has 0 aliphatic heterocycles. The van der Waals surface area contributed by atoms with E-state index in [1.165, 1.54) is 210 Å². The molecule has 6 saturated carbocycles. The Morgan fingerprint density at radius 1 is 0.254 bits per heavy atom. The fourth-order valence-corrected chi connectivity index (χ4v) is 24.4. The van der Waals surface area contributed by atoms with Crippen molar-refractivity contribution in [3.8, 4) is 0 Å². The summed E-state index contributed by atoms with van der Waals surface area (Å²) >= 11 is 0. The van der Waals surface area contributed by atoms with Crippen LogP contribution in [0.1, 0.15) is 193 Å². The van der Waals surface area contributed by atoms with Crippen molar-refractivity contribution < 1.29 is 17.1 Å². The van der Waals surface area contributed by atoms with Gasteiger partial charge < -0.3 is 14.7 Å². The molecule has 67 heavy (non-hydrogen) atoms. The first kappa shape index (κ1) is 55.2. The quantitative estimate of drug-likeness (QED) is 0.132. The van der Waals surface area contributed by atoms with E-state index in [4.69, 9.17) is 0 Å². The number of anilines is 3. The molecule has 0 atom stereocenters. The van der Waals surface area contributed by atoms with E-state index < -0.39 is 0 Å². The summed E-state index contributed by atoms with van der Waals surface area (Å²) in [5.41, 5.74) is 10.1. The number of nitrogens with zero attached hydrogens (tertiary/aromatic N) is 3. The Morgan fingerprint density at radius 3 is 0.537 bits per heavy atom. The van der Waals surface area contributed by atoms with Crippen molar-refractivity contribution in [1.82, 2.24) is 0 Å². The number of rotatable bonds is 12. The van der Waals surface area contributed by atoms with Crippen LogP contribution in [0.2, 0.25) is 0 Å². The molecule has 0 saturated heterocycles. The van der Waals surface area contributed by atoms with Crippen molar-refractivity contribution >= 4 is 56.7 Å². The van der Waals surface area contributed by atoms with Crippen LogP contribution in [-0.4, -0.2) is 76.2 Å². The number of hydrogen-bond donors (Lipinski definition) is 0. The van der Waals surface area contributed by atoms with Crippen LogP contribution in [0.4, 0.5) is 17.1 Å². The SMILES string of the molecule is CN(C)c1ccc(P(C2CCCCC2)C2CCCCC2)cc1.CN(C)c1ccc(P(C2CCCCC2)C2CCCCC2)cc1.CN(C)c1ccc(P(C2CCCCC2)C2CCCCC2)cc1.[Fe]. The molecule has 3 aromatic carbocycles. The first-order chi connectivity index (χ1) is 32.3. The molecule has 0 amide bonds. The molecular formula is C60H96FeN3P3. The van der Waals surface area contributed by atoms with Crippen LogP contribution in [0.3, 0.4) is 0 Å². The van der Waals surface area contributed by atoms with Gasteiger partial charge in [-0.05, 0) is 163 Å². The van der Waals surface area contributed by atoms with Crippen LogP contribution in [0.15, 0.2) is 72.8 Å². The van der Waals surface area contributed by atoms with Gasteiger partial charge in [0.25, 0.3) is 0 Å². The summed E-state index contributed by atoms with van der Waals surface area (Å²) < 4.78 is 0. The zero-order chi connectivity index (χ0) is 46.1. The molecule has 6 fully saturated rings. The maximum Gasteiger partial charge on any atom is 0.0361 e. The van der Waals surface area contributed by atoms with Crippen LogP contribution < -0.4 is 30.6 Å². The topological polar surface area (TPSA) is 9.72 Å². The smallest absolute Gasteiger partial charge is 0.0361 e. The largest absolute Gasteiger partial charge is 0.378 e. The first-order valence-corrected chi connectivity index (χ1v) is 32.4. The van der Waals surface area contributed by atoms with Crippen LogP contribution >= 0.6 is 23.8 Å². The van der Waals surface area contributed by atoms with Gasteiger partial charge in [-0.15, -0.1) is 0 Å². The van der Waals surface area contributed by atoms with Crippen molar-refractivity contribution in [3.05, 3.63) is 72.8 Å². The molecule has 0 unspecified atom stereocenters. The van der Waals surface area contributed by atoms with Gasteiger partial charge in [-0.3, -0.25) is 0 Å². The van der Waals surface area contributed by atoms with Crippen LogP contribution in [0, 0.1) is 0 Å². The van der Waals surface area contributed by atoms with Crippen LogP contribution in [0.25, 0.3) is 0 Å². The second-order valence-corrected chi connectivity index (χ2v) is 30.6. The van der Waals surface area contributed by atoms with Gasteiger partial charge in [-0.25, -0.2) is 0 Å². The summed E-state index contributed by atoms with van der Waals surface area (Å²) in [7, 11) is 13.0. The van der Waals surface area contributed by atoms with Gasteiger partial charge >= 0.3 is 0 Å². The number of hydrogen-bond acceptors (Lipinski definition) is 3. The van der Waals surface area contributed by atoms with Gasteiger partial charge in [-0.1, -0.05) is 176 Å². The Kier molecular flexibility index (Phi) is 24.2. The van der Waals surface area contributed by atoms with Gasteiger partial charge in [-0.2, -0.15) is 0 Å². The fourth-order valence-electron chi connectivity index (χ4n) is 13.1. The molecular weight excluding hydrogens is 911 g/mol. The van der Waals surface area contributed by atoms with Crippen molar-refractivity contribution in [2.75, 3.05) is 57.0 Å². The van der Waals surface area contributed by atoms with Gasteiger partial charge in [0.05, 0.1) is 0 Å². The first-order valence-electron chi connectivity index (χ1n) is 27.9. The van der Waals surface area contributed by atoms with Gasteiger partial charge in [0.15, 0.2) is 0 Å². The molecule has 6 aliphatic rings. The van der Waals surface area contributed by atoms with Crippen molar-refractivity contribution in [2.24, 2.45) is 0 Å². The van der Waals surface area contributed by atoms with E-state index in [0.717, 1.165) is 34.0 Å². The monoisotopic (exact) mass is 1010 g/mol. The molecule has 0 N–H and O–H groups in total. The molecule has 3 nitrogen and oxygen atoms in total. The minimum atomic E-state index is 0. The summed E-state index contributed by atoms with van der Waals surface area (Å²) in [6.07, 6.45) is 44.6. The Bertz CT molecular complexity index is 1490. The standard InChI is InChI=1S/3C20H32NP.Fe/c3*1-21(2)17-13-15-20(16-14-17)22(18-9-5-3-6-10-18)19-11-7-4-8-12-19;/h3*13-16,18-19H,3-12H2,1-2H3;. The zero-order valence-electron chi connectivity index (χ0n) is 43.6. The minimum absolute atomic E-state index is 0. The zero-order valence-corrected chi connectivity index (χ0v) is 47.4. The summed E-state index contributed by atoms with van der Waals surface area (Å²) in [5, 5.41) is 5.08. The maximum atomic E-state index is 2.46. The van der Waals surface area contributed by atoms with E-state index in [1.54, 1.807) is 15.9 Å². The third kappa shape index (κ3) is 16.4. The molecule has 374 valence electrons. The van der Waals surface area contributed by atoms with E-state index in [2.05, 4.69) is 130 Å². The predicted molar refractivity (Wildman–Crippen MR) is 303 cm³/mol. The second kappa shape index (κ2) is 29.4. The maximum absolute atomic E-state index is 2.46. The minimum Gasteiger partial charge on any atom is -0.378 e. The average Bonchev–Trinajstić information content (AvgIpc) is 3.37. The van der Waals surface area contributed by atoms with E-state index in [1.807, 2.05) is 0 Å². The van der Waals surface area contributed by atoms with Gasteiger partial charge in [0.1, 0.15) is 0 Å². The Hall–Kier alpha value is -1.13. The third-order valence-electron chi connectivity index (χ3n) is 16.8. The molecule has 0 heterocycles. The summed E-state index contributed by atoms with van der Waals surface area (Å²) in [6, 6.07) is 28.8. The van der Waals surface area contributed by atoms with E-state index in [-0.39, 0.29) is 40.8 Å². The molecule has 3 aromatic rings. The van der Waals surface area contributed by atoms with Crippen molar-refractivity contribution in [2.45, 2.75) is 227 Å². The summed E-state index contributed by atoms with van der Waals surface area (Å²) in [6.45, 7) is 0. The van der Waals surface area contributed by atoms with Gasteiger partial charge in [0.2, 0.25) is 0 Å². The molecule has 0 aromatic heterocycles. The Balaban J connectivity index is 0.000000165. The molecule has 9 rings (SSSR count). The van der Waals surface area contributed by atoms with E-state index >= 15 is 0 Å². The normalized spacial score (nSPS) is 20.9. The van der Waals surface area contributed by atoms with Gasteiger partial charge in [0, 0.05) is 76.4 Å². The van der Waals surface area contributed by atoms with E-state index in [9.17, 15) is 0 Å². The Morgan fingerprint density at radius 2 is 0.403 bits per heavy atom. The second-order valence-electron chi connectivity index (χ2n) is 22.2. The fraction of sp³-hybridized carbons (Fsp3) is 0.700.